The largest absolute Gasteiger partial charge is 0.386 e. The Morgan fingerprint density at radius 2 is 1.91 bits per heavy atom. The first kappa shape index (κ1) is 21.8. The van der Waals surface area contributed by atoms with Crippen molar-refractivity contribution in [1.29, 1.82) is 5.41 Å². The fraction of sp³-hybridized carbons (Fsp3) is 0.167. The monoisotopic (exact) mass is 439 g/mol. The molecule has 0 aliphatic heterocycles. The number of nitrogens with two attached hydrogens (primary N) is 1. The minimum absolute atomic E-state index is 0.355. The molecule has 0 aromatic carbocycles. The lowest BCUT2D eigenvalue weighted by Crippen LogP contribution is -2.07. The fourth-order valence-corrected chi connectivity index (χ4v) is 3.15. The van der Waals surface area contributed by atoms with Crippen molar-refractivity contribution in [2.45, 2.75) is 26.3 Å². The number of hydrogen-bond donors (Lipinski definition) is 4. The van der Waals surface area contributed by atoms with E-state index in [1.165, 1.54) is 6.21 Å². The third kappa shape index (κ3) is 5.45. The van der Waals surface area contributed by atoms with Gasteiger partial charge in [0.1, 0.15) is 11.6 Å². The number of nitrogens with one attached hydrogen (secondary N) is 3. The molecular formula is C24H25N9. The molecule has 33 heavy (non-hydrogen) atoms. The minimum Gasteiger partial charge on any atom is -0.386 e. The highest BCUT2D eigenvalue weighted by Crippen LogP contribution is 2.21. The lowest BCUT2D eigenvalue weighted by molar-refractivity contribution is 0.843. The molecule has 4 heterocycles. The lowest BCUT2D eigenvalue weighted by atomic mass is 10.1. The van der Waals surface area contributed by atoms with Gasteiger partial charge in [0.05, 0.1) is 17.2 Å². The zero-order valence-corrected chi connectivity index (χ0v) is 18.4. The van der Waals surface area contributed by atoms with E-state index in [2.05, 4.69) is 49.6 Å². The summed E-state index contributed by atoms with van der Waals surface area (Å²) in [4.78, 5) is 13.3. The normalized spacial score (nSPS) is 11.5. The number of nitrogen functional groups attached to an aromatic ring is 1. The summed E-state index contributed by atoms with van der Waals surface area (Å²) in [5.41, 5.74) is 10.6. The number of hydrogen-bond acceptors (Lipinski definition) is 9. The molecule has 0 unspecified atom stereocenters. The van der Waals surface area contributed by atoms with Gasteiger partial charge in [-0.3, -0.25) is 4.98 Å². The quantitative estimate of drug-likeness (QED) is 0.302. The van der Waals surface area contributed by atoms with E-state index in [1.807, 2.05) is 30.3 Å². The Morgan fingerprint density at radius 3 is 2.67 bits per heavy atom. The van der Waals surface area contributed by atoms with E-state index >= 15 is 0 Å². The number of fused-ring (bicyclic) bond motifs is 1. The van der Waals surface area contributed by atoms with E-state index in [1.54, 1.807) is 30.9 Å². The Morgan fingerprint density at radius 1 is 1.03 bits per heavy atom. The second-order valence-electron chi connectivity index (χ2n) is 7.83. The Labute approximate surface area is 191 Å². The minimum atomic E-state index is 0.355. The molecule has 0 bridgehead atoms. The highest BCUT2D eigenvalue weighted by atomic mass is 15.2. The van der Waals surface area contributed by atoms with Gasteiger partial charge in [-0.15, -0.1) is 5.10 Å². The van der Waals surface area contributed by atoms with E-state index in [-0.39, 0.29) is 0 Å². The number of anilines is 3. The van der Waals surface area contributed by atoms with Gasteiger partial charge in [-0.2, -0.15) is 5.10 Å². The summed E-state index contributed by atoms with van der Waals surface area (Å²) < 4.78 is 0. The van der Waals surface area contributed by atoms with Crippen LogP contribution in [0.5, 0.6) is 0 Å². The van der Waals surface area contributed by atoms with Crippen LogP contribution in [-0.2, 0) is 6.54 Å². The second kappa shape index (κ2) is 9.82. The Hall–Kier alpha value is -4.40. The van der Waals surface area contributed by atoms with Crippen LogP contribution in [0, 0.1) is 5.41 Å². The van der Waals surface area contributed by atoms with Crippen molar-refractivity contribution >= 4 is 40.3 Å². The van der Waals surface area contributed by atoms with Crippen molar-refractivity contribution in [3.8, 4) is 0 Å². The van der Waals surface area contributed by atoms with Gasteiger partial charge < -0.3 is 21.8 Å². The predicted octanol–water partition coefficient (Wildman–Crippen LogP) is 4.04. The van der Waals surface area contributed by atoms with Gasteiger partial charge in [-0.1, -0.05) is 19.9 Å². The van der Waals surface area contributed by atoms with Crippen molar-refractivity contribution < 1.29 is 0 Å². The first-order valence-corrected chi connectivity index (χ1v) is 10.5. The summed E-state index contributed by atoms with van der Waals surface area (Å²) in [6.45, 7) is 4.78. The van der Waals surface area contributed by atoms with Crippen LogP contribution >= 0.6 is 0 Å². The summed E-state index contributed by atoms with van der Waals surface area (Å²) in [5, 5.41) is 22.5. The Balaban J connectivity index is 1.53. The molecule has 0 fully saturated rings. The van der Waals surface area contributed by atoms with Crippen LogP contribution in [-0.4, -0.2) is 31.4 Å². The van der Waals surface area contributed by atoms with Crippen LogP contribution in [0.15, 0.2) is 61.2 Å². The SMILES string of the molecule is CC(C)c1cnnc(Nc2ccc3ncc(/C(C=N)=C/NCc4ccc(N)nc4)cc3n2)c1. The van der Waals surface area contributed by atoms with Gasteiger partial charge in [-0.25, -0.2) is 9.97 Å². The van der Waals surface area contributed by atoms with Gasteiger partial charge in [0.25, 0.3) is 0 Å². The summed E-state index contributed by atoms with van der Waals surface area (Å²) in [5.74, 6) is 2.12. The third-order valence-corrected chi connectivity index (χ3v) is 5.04. The second-order valence-corrected chi connectivity index (χ2v) is 7.83. The van der Waals surface area contributed by atoms with Crippen LogP contribution in [0.1, 0.15) is 36.5 Å². The smallest absolute Gasteiger partial charge is 0.154 e. The maximum atomic E-state index is 7.82. The van der Waals surface area contributed by atoms with Crippen LogP contribution < -0.4 is 16.4 Å². The molecule has 0 aliphatic carbocycles. The van der Waals surface area contributed by atoms with Gasteiger partial charge in [0.2, 0.25) is 0 Å². The Kier molecular flexibility index (Phi) is 6.49. The summed E-state index contributed by atoms with van der Waals surface area (Å²) in [7, 11) is 0. The molecule has 4 rings (SSSR count). The van der Waals surface area contributed by atoms with Crippen LogP contribution in [0.2, 0.25) is 0 Å². The highest BCUT2D eigenvalue weighted by molar-refractivity contribution is 6.08. The van der Waals surface area contributed by atoms with Gasteiger partial charge in [0.15, 0.2) is 5.82 Å². The zero-order chi connectivity index (χ0) is 23.2. The van der Waals surface area contributed by atoms with Crippen LogP contribution in [0.3, 0.4) is 0 Å². The summed E-state index contributed by atoms with van der Waals surface area (Å²) >= 11 is 0. The van der Waals surface area contributed by atoms with Gasteiger partial charge in [0, 0.05) is 42.5 Å². The molecule has 166 valence electrons. The molecule has 0 radical (unpaired) electrons. The lowest BCUT2D eigenvalue weighted by Gasteiger charge is -2.09. The van der Waals surface area contributed by atoms with Crippen molar-refractivity contribution in [1.82, 2.24) is 30.5 Å². The number of nitrogens with zero attached hydrogens (tertiary/aromatic N) is 5. The molecule has 0 aliphatic rings. The van der Waals surface area contributed by atoms with Crippen molar-refractivity contribution in [3.05, 3.63) is 77.9 Å². The van der Waals surface area contributed by atoms with Crippen LogP contribution in [0.4, 0.5) is 17.5 Å². The van der Waals surface area contributed by atoms with E-state index in [9.17, 15) is 0 Å². The molecule has 5 N–H and O–H groups in total. The van der Waals surface area contributed by atoms with Crippen LogP contribution in [0.25, 0.3) is 16.6 Å². The molecule has 9 nitrogen and oxygen atoms in total. The van der Waals surface area contributed by atoms with E-state index in [0.717, 1.165) is 22.2 Å². The number of rotatable bonds is 8. The first-order chi connectivity index (χ1) is 16.0. The predicted molar refractivity (Wildman–Crippen MR) is 131 cm³/mol. The number of pyridine rings is 3. The van der Waals surface area contributed by atoms with Gasteiger partial charge >= 0.3 is 0 Å². The standard InChI is InChI=1S/C24H25N9/c1-15(2)17-8-24(33-30-14-17)32-23-6-4-20-21(31-23)7-18(13-28-20)19(9-25)12-27-10-16-3-5-22(26)29-11-16/h3-9,11-15,25,27H,10H2,1-2H3,(H2,26,29)(H,31,32,33)/b19-12+,25-9?. The fourth-order valence-electron chi connectivity index (χ4n) is 3.15. The zero-order valence-electron chi connectivity index (χ0n) is 18.4. The first-order valence-electron chi connectivity index (χ1n) is 10.5. The topological polar surface area (TPSA) is 138 Å². The molecule has 0 saturated carbocycles. The highest BCUT2D eigenvalue weighted by Gasteiger charge is 2.07. The average Bonchev–Trinajstić information content (AvgIpc) is 2.83. The summed E-state index contributed by atoms with van der Waals surface area (Å²) in [6, 6.07) is 11.3. The van der Waals surface area contributed by atoms with E-state index < -0.39 is 0 Å². The molecule has 4 aromatic heterocycles. The van der Waals surface area contributed by atoms with Crippen molar-refractivity contribution in [2.24, 2.45) is 0 Å². The van der Waals surface area contributed by atoms with E-state index in [0.29, 0.717) is 41.0 Å². The molecular weight excluding hydrogens is 414 g/mol. The maximum Gasteiger partial charge on any atom is 0.154 e. The average molecular weight is 440 g/mol. The van der Waals surface area contributed by atoms with Crippen molar-refractivity contribution in [3.63, 3.8) is 0 Å². The molecule has 9 heteroatoms. The molecule has 0 atom stereocenters. The van der Waals surface area contributed by atoms with Crippen molar-refractivity contribution in [2.75, 3.05) is 11.1 Å². The molecule has 4 aromatic rings. The maximum absolute atomic E-state index is 7.82. The molecule has 0 saturated heterocycles. The number of allylic oxidation sites excluding steroid dienone is 1. The third-order valence-electron chi connectivity index (χ3n) is 5.04. The molecule has 0 amide bonds. The van der Waals surface area contributed by atoms with E-state index in [4.69, 9.17) is 11.1 Å². The Bertz CT molecular complexity index is 1300. The molecule has 0 spiro atoms. The summed E-state index contributed by atoms with van der Waals surface area (Å²) in [6.07, 6.45) is 8.28. The number of aromatic nitrogens is 5. The van der Waals surface area contributed by atoms with Gasteiger partial charge in [-0.05, 0) is 47.4 Å².